The van der Waals surface area contributed by atoms with Gasteiger partial charge in [0.05, 0.1) is 36.5 Å². The number of benzene rings is 1. The first-order chi connectivity index (χ1) is 13.7. The van der Waals surface area contributed by atoms with E-state index in [0.717, 1.165) is 30.2 Å². The Morgan fingerprint density at radius 1 is 1.14 bits per heavy atom. The molecule has 2 N–H and O–H groups in total. The Balaban J connectivity index is 1.45. The van der Waals surface area contributed by atoms with E-state index >= 15 is 0 Å². The van der Waals surface area contributed by atoms with Crippen LogP contribution in [0, 0.1) is 6.92 Å². The van der Waals surface area contributed by atoms with Crippen LogP contribution >= 0.6 is 0 Å². The van der Waals surface area contributed by atoms with Gasteiger partial charge in [-0.1, -0.05) is 17.3 Å². The molecule has 144 valence electrons. The molecule has 1 saturated heterocycles. The second-order valence-electron chi connectivity index (χ2n) is 6.45. The highest BCUT2D eigenvalue weighted by Crippen LogP contribution is 2.27. The highest BCUT2D eigenvalue weighted by Gasteiger charge is 2.16. The van der Waals surface area contributed by atoms with Crippen molar-refractivity contribution in [2.75, 3.05) is 41.8 Å². The van der Waals surface area contributed by atoms with Crippen molar-refractivity contribution in [3.05, 3.63) is 60.1 Å². The molecule has 1 aliphatic rings. The zero-order valence-electron chi connectivity index (χ0n) is 15.5. The van der Waals surface area contributed by atoms with Crippen LogP contribution in [-0.2, 0) is 4.74 Å². The molecule has 0 bridgehead atoms. The summed E-state index contributed by atoms with van der Waals surface area (Å²) in [6.07, 6.45) is 1.59. The number of nitrogens with one attached hydrogen (secondary N) is 2. The lowest BCUT2D eigenvalue weighted by molar-refractivity contribution is 0.102. The predicted molar refractivity (Wildman–Crippen MR) is 106 cm³/mol. The third kappa shape index (κ3) is 4.12. The van der Waals surface area contributed by atoms with Gasteiger partial charge in [-0.15, -0.1) is 0 Å². The number of carbonyl (C=O) groups is 1. The number of anilines is 4. The van der Waals surface area contributed by atoms with Crippen LogP contribution in [0.25, 0.3) is 0 Å². The minimum atomic E-state index is -0.260. The van der Waals surface area contributed by atoms with Crippen molar-refractivity contribution >= 4 is 28.8 Å². The molecule has 8 heteroatoms. The average Bonchev–Trinajstić information content (AvgIpc) is 3.14. The van der Waals surface area contributed by atoms with Crippen LogP contribution in [0.15, 0.2) is 53.2 Å². The normalized spacial score (nSPS) is 14.0. The molecule has 0 unspecified atom stereocenters. The molecule has 28 heavy (non-hydrogen) atoms. The van der Waals surface area contributed by atoms with Crippen molar-refractivity contribution in [3.63, 3.8) is 0 Å². The SMILES string of the molecule is Cc1cc(Nc2ccc(C(=O)Nc3ccccc3N3CCOCC3)nc2)no1. The molecule has 8 nitrogen and oxygen atoms in total. The summed E-state index contributed by atoms with van der Waals surface area (Å²) in [4.78, 5) is 19.1. The van der Waals surface area contributed by atoms with E-state index in [-0.39, 0.29) is 5.91 Å². The highest BCUT2D eigenvalue weighted by molar-refractivity contribution is 6.04. The topological polar surface area (TPSA) is 92.5 Å². The van der Waals surface area contributed by atoms with Gasteiger partial charge in [0.1, 0.15) is 11.5 Å². The third-order valence-corrected chi connectivity index (χ3v) is 4.40. The zero-order valence-corrected chi connectivity index (χ0v) is 15.5. The predicted octanol–water partition coefficient (Wildman–Crippen LogP) is 3.21. The number of hydrogen-bond acceptors (Lipinski definition) is 7. The number of aromatic nitrogens is 2. The van der Waals surface area contributed by atoms with Gasteiger partial charge in [0, 0.05) is 19.2 Å². The maximum atomic E-state index is 12.7. The van der Waals surface area contributed by atoms with E-state index < -0.39 is 0 Å². The second-order valence-corrected chi connectivity index (χ2v) is 6.45. The molecule has 1 aromatic carbocycles. The van der Waals surface area contributed by atoms with E-state index in [9.17, 15) is 4.79 Å². The van der Waals surface area contributed by atoms with E-state index in [1.165, 1.54) is 0 Å². The molecule has 0 spiro atoms. The molecule has 0 radical (unpaired) electrons. The Morgan fingerprint density at radius 2 is 1.96 bits per heavy atom. The van der Waals surface area contributed by atoms with Gasteiger partial charge in [-0.25, -0.2) is 4.98 Å². The number of pyridine rings is 1. The summed E-state index contributed by atoms with van der Waals surface area (Å²) in [5.74, 6) is 1.05. The standard InChI is InChI=1S/C20H21N5O3/c1-14-12-19(24-28-14)22-15-6-7-17(21-13-15)20(26)23-16-4-2-3-5-18(16)25-8-10-27-11-9-25/h2-7,12-13H,8-11H2,1H3,(H,22,24)(H,23,26). The number of hydrogen-bond donors (Lipinski definition) is 2. The lowest BCUT2D eigenvalue weighted by Gasteiger charge is -2.30. The zero-order chi connectivity index (χ0) is 19.3. The largest absolute Gasteiger partial charge is 0.378 e. The Labute approximate surface area is 162 Å². The molecule has 3 heterocycles. The number of rotatable bonds is 5. The lowest BCUT2D eigenvalue weighted by atomic mass is 10.2. The first kappa shape index (κ1) is 18.0. The molecule has 1 amide bonds. The summed E-state index contributed by atoms with van der Waals surface area (Å²) in [6.45, 7) is 4.78. The average molecular weight is 379 g/mol. The summed E-state index contributed by atoms with van der Waals surface area (Å²) in [6, 6.07) is 13.0. The fraction of sp³-hybridized carbons (Fsp3) is 0.250. The van der Waals surface area contributed by atoms with Gasteiger partial charge in [-0.2, -0.15) is 0 Å². The Bertz CT molecular complexity index is 948. The molecule has 2 aromatic heterocycles. The van der Waals surface area contributed by atoms with Crippen molar-refractivity contribution in [1.29, 1.82) is 0 Å². The second kappa shape index (κ2) is 8.10. The van der Waals surface area contributed by atoms with Crippen LogP contribution in [0.3, 0.4) is 0 Å². The molecular weight excluding hydrogens is 358 g/mol. The monoisotopic (exact) mass is 379 g/mol. The van der Waals surface area contributed by atoms with E-state index in [0.29, 0.717) is 30.5 Å². The van der Waals surface area contributed by atoms with Gasteiger partial charge in [0.15, 0.2) is 5.82 Å². The summed E-state index contributed by atoms with van der Waals surface area (Å²) in [7, 11) is 0. The molecular formula is C20H21N5O3. The molecule has 0 aliphatic carbocycles. The van der Waals surface area contributed by atoms with Crippen molar-refractivity contribution < 1.29 is 14.1 Å². The van der Waals surface area contributed by atoms with E-state index in [2.05, 4.69) is 25.7 Å². The van der Waals surface area contributed by atoms with Gasteiger partial charge < -0.3 is 24.8 Å². The Kier molecular flexibility index (Phi) is 5.20. The van der Waals surface area contributed by atoms with Crippen molar-refractivity contribution in [3.8, 4) is 0 Å². The van der Waals surface area contributed by atoms with Crippen LogP contribution in [0.4, 0.5) is 22.9 Å². The third-order valence-electron chi connectivity index (χ3n) is 4.40. The van der Waals surface area contributed by atoms with Crippen molar-refractivity contribution in [2.24, 2.45) is 0 Å². The van der Waals surface area contributed by atoms with Crippen molar-refractivity contribution in [1.82, 2.24) is 10.1 Å². The van der Waals surface area contributed by atoms with Gasteiger partial charge in [-0.05, 0) is 31.2 Å². The van der Waals surface area contributed by atoms with Gasteiger partial charge in [0.25, 0.3) is 5.91 Å². The summed E-state index contributed by atoms with van der Waals surface area (Å²) in [5, 5.41) is 9.91. The summed E-state index contributed by atoms with van der Waals surface area (Å²) >= 11 is 0. The number of amides is 1. The van der Waals surface area contributed by atoms with Crippen LogP contribution in [0.1, 0.15) is 16.2 Å². The molecule has 0 saturated carbocycles. The molecule has 3 aromatic rings. The van der Waals surface area contributed by atoms with Crippen LogP contribution in [-0.4, -0.2) is 42.4 Å². The number of ether oxygens (including phenoxy) is 1. The first-order valence-electron chi connectivity index (χ1n) is 9.08. The molecule has 1 fully saturated rings. The fourth-order valence-corrected chi connectivity index (χ4v) is 3.02. The van der Waals surface area contributed by atoms with Gasteiger partial charge in [0.2, 0.25) is 0 Å². The van der Waals surface area contributed by atoms with E-state index in [4.69, 9.17) is 9.26 Å². The number of carbonyl (C=O) groups excluding carboxylic acids is 1. The minimum absolute atomic E-state index is 0.260. The number of nitrogens with zero attached hydrogens (tertiary/aromatic N) is 3. The maximum Gasteiger partial charge on any atom is 0.274 e. The fourth-order valence-electron chi connectivity index (χ4n) is 3.02. The van der Waals surface area contributed by atoms with Crippen LogP contribution in [0.5, 0.6) is 0 Å². The number of aryl methyl sites for hydroxylation is 1. The van der Waals surface area contributed by atoms with Crippen molar-refractivity contribution in [2.45, 2.75) is 6.92 Å². The quantitative estimate of drug-likeness (QED) is 0.703. The minimum Gasteiger partial charge on any atom is -0.378 e. The highest BCUT2D eigenvalue weighted by atomic mass is 16.5. The van der Waals surface area contributed by atoms with Crippen LogP contribution in [0.2, 0.25) is 0 Å². The van der Waals surface area contributed by atoms with E-state index in [1.54, 1.807) is 24.4 Å². The number of para-hydroxylation sites is 2. The summed E-state index contributed by atoms with van der Waals surface area (Å²) in [5.41, 5.74) is 2.80. The van der Waals surface area contributed by atoms with Gasteiger partial charge in [-0.3, -0.25) is 4.79 Å². The first-order valence-corrected chi connectivity index (χ1v) is 9.08. The maximum absolute atomic E-state index is 12.7. The molecule has 0 atom stereocenters. The molecule has 4 rings (SSSR count). The summed E-state index contributed by atoms with van der Waals surface area (Å²) < 4.78 is 10.4. The van der Waals surface area contributed by atoms with Crippen LogP contribution < -0.4 is 15.5 Å². The number of morpholine rings is 1. The molecule has 1 aliphatic heterocycles. The lowest BCUT2D eigenvalue weighted by Crippen LogP contribution is -2.36. The smallest absolute Gasteiger partial charge is 0.274 e. The Morgan fingerprint density at radius 3 is 2.68 bits per heavy atom. The Hall–Kier alpha value is -3.39. The van der Waals surface area contributed by atoms with Gasteiger partial charge >= 0.3 is 0 Å². The van der Waals surface area contributed by atoms with E-state index in [1.807, 2.05) is 31.2 Å².